The van der Waals surface area contributed by atoms with Crippen molar-refractivity contribution in [2.24, 2.45) is 0 Å². The van der Waals surface area contributed by atoms with Gasteiger partial charge >= 0.3 is 0 Å². The minimum absolute atomic E-state index is 0.00233. The van der Waals surface area contributed by atoms with E-state index in [0.29, 0.717) is 10.6 Å². The van der Waals surface area contributed by atoms with Crippen LogP contribution < -0.4 is 10.9 Å². The molecule has 0 unspecified atom stereocenters. The van der Waals surface area contributed by atoms with Crippen molar-refractivity contribution in [1.29, 1.82) is 0 Å². The standard InChI is InChI=1S/C16H17BrClFN4OS/c1-20-13-9-21-23(16(24)15(13)18)11-4-6-22(7-5-11)25-14-3-2-10(17)8-12(14)19/h2-3,8-9,11,20H,4-7H2,1H3. The van der Waals surface area contributed by atoms with E-state index in [1.165, 1.54) is 22.7 Å². The zero-order valence-electron chi connectivity index (χ0n) is 13.5. The Balaban J connectivity index is 1.66. The molecule has 1 fully saturated rings. The van der Waals surface area contributed by atoms with Gasteiger partial charge in [0.25, 0.3) is 5.56 Å². The molecule has 5 nitrogen and oxygen atoms in total. The highest BCUT2D eigenvalue weighted by Gasteiger charge is 2.24. The number of nitrogens with one attached hydrogen (secondary N) is 1. The Morgan fingerprint density at radius 3 is 2.76 bits per heavy atom. The molecule has 134 valence electrons. The Morgan fingerprint density at radius 2 is 2.12 bits per heavy atom. The van der Waals surface area contributed by atoms with Crippen LogP contribution in [0.25, 0.3) is 0 Å². The predicted molar refractivity (Wildman–Crippen MR) is 103 cm³/mol. The smallest absolute Gasteiger partial charge is 0.287 e. The lowest BCUT2D eigenvalue weighted by Crippen LogP contribution is -2.36. The van der Waals surface area contributed by atoms with Crippen LogP contribution in [0.2, 0.25) is 5.02 Å². The van der Waals surface area contributed by atoms with Crippen LogP contribution in [0.15, 0.2) is 38.6 Å². The molecule has 0 atom stereocenters. The van der Waals surface area contributed by atoms with E-state index in [4.69, 9.17) is 11.6 Å². The number of piperidine rings is 1. The first-order chi connectivity index (χ1) is 12.0. The second kappa shape index (κ2) is 8.07. The van der Waals surface area contributed by atoms with Crippen LogP contribution >= 0.6 is 39.5 Å². The number of hydrogen-bond donors (Lipinski definition) is 1. The van der Waals surface area contributed by atoms with Gasteiger partial charge < -0.3 is 5.32 Å². The maximum atomic E-state index is 14.0. The van der Waals surface area contributed by atoms with E-state index in [-0.39, 0.29) is 22.4 Å². The van der Waals surface area contributed by atoms with E-state index < -0.39 is 0 Å². The van der Waals surface area contributed by atoms with Crippen LogP contribution in [-0.4, -0.2) is 34.2 Å². The van der Waals surface area contributed by atoms with Gasteiger partial charge in [-0.05, 0) is 43.0 Å². The maximum absolute atomic E-state index is 14.0. The zero-order valence-corrected chi connectivity index (χ0v) is 16.7. The van der Waals surface area contributed by atoms with Gasteiger partial charge in [-0.25, -0.2) is 13.4 Å². The summed E-state index contributed by atoms with van der Waals surface area (Å²) in [6.45, 7) is 1.48. The lowest BCUT2D eigenvalue weighted by molar-refractivity contribution is 0.268. The second-order valence-corrected chi connectivity index (χ2v) is 8.13. The number of benzene rings is 1. The summed E-state index contributed by atoms with van der Waals surface area (Å²) in [5, 5.41) is 7.24. The van der Waals surface area contributed by atoms with Crippen molar-refractivity contribution in [1.82, 2.24) is 14.1 Å². The number of nitrogens with zero attached hydrogens (tertiary/aromatic N) is 3. The van der Waals surface area contributed by atoms with Crippen LogP contribution in [0.1, 0.15) is 18.9 Å². The van der Waals surface area contributed by atoms with Crippen LogP contribution in [0, 0.1) is 5.82 Å². The first-order valence-corrected chi connectivity index (χ1v) is 9.77. The molecule has 0 amide bonds. The molecular formula is C16H17BrClFN4OS. The molecule has 0 spiro atoms. The fourth-order valence-electron chi connectivity index (χ4n) is 2.75. The summed E-state index contributed by atoms with van der Waals surface area (Å²) in [6.07, 6.45) is 3.09. The molecule has 3 rings (SSSR count). The summed E-state index contributed by atoms with van der Waals surface area (Å²) in [5.74, 6) is -0.242. The number of rotatable bonds is 4. The lowest BCUT2D eigenvalue weighted by Gasteiger charge is -2.31. The second-order valence-electron chi connectivity index (χ2n) is 5.70. The Hall–Kier alpha value is -1.09. The van der Waals surface area contributed by atoms with Crippen LogP contribution in [0.3, 0.4) is 0 Å². The first kappa shape index (κ1) is 18.7. The molecule has 1 aliphatic rings. The third-order valence-electron chi connectivity index (χ3n) is 4.10. The third kappa shape index (κ3) is 4.19. The normalized spacial score (nSPS) is 16.2. The maximum Gasteiger partial charge on any atom is 0.287 e. The number of anilines is 1. The summed E-state index contributed by atoms with van der Waals surface area (Å²) in [7, 11) is 1.70. The van der Waals surface area contributed by atoms with Crippen molar-refractivity contribution in [2.45, 2.75) is 23.8 Å². The summed E-state index contributed by atoms with van der Waals surface area (Å²) in [6, 6.07) is 5.05. The van der Waals surface area contributed by atoms with Crippen LogP contribution in [0.5, 0.6) is 0 Å². The van der Waals surface area contributed by atoms with E-state index in [9.17, 15) is 9.18 Å². The summed E-state index contributed by atoms with van der Waals surface area (Å²) < 4.78 is 18.3. The SMILES string of the molecule is CNc1cnn(C2CCN(Sc3ccc(Br)cc3F)CC2)c(=O)c1Cl. The molecule has 1 aliphatic heterocycles. The Morgan fingerprint density at radius 1 is 1.40 bits per heavy atom. The highest BCUT2D eigenvalue weighted by Crippen LogP contribution is 2.32. The number of hydrogen-bond acceptors (Lipinski definition) is 5. The molecule has 9 heteroatoms. The average molecular weight is 448 g/mol. The van der Waals surface area contributed by atoms with Crippen molar-refractivity contribution in [3.05, 3.63) is 50.1 Å². The molecule has 2 aromatic rings. The zero-order chi connectivity index (χ0) is 18.0. The fraction of sp³-hybridized carbons (Fsp3) is 0.375. The first-order valence-electron chi connectivity index (χ1n) is 7.82. The van der Waals surface area contributed by atoms with Gasteiger partial charge in [0.2, 0.25) is 0 Å². The van der Waals surface area contributed by atoms with Crippen LogP contribution in [-0.2, 0) is 0 Å². The Kier molecular flexibility index (Phi) is 6.04. The quantitative estimate of drug-likeness (QED) is 0.713. The summed E-state index contributed by atoms with van der Waals surface area (Å²) >= 11 is 10.8. The molecule has 1 saturated heterocycles. The molecule has 25 heavy (non-hydrogen) atoms. The van der Waals surface area contributed by atoms with Gasteiger partial charge in [0.1, 0.15) is 10.8 Å². The Labute approximate surface area is 162 Å². The molecule has 1 N–H and O–H groups in total. The third-order valence-corrected chi connectivity index (χ3v) is 6.11. The monoisotopic (exact) mass is 446 g/mol. The van der Waals surface area contributed by atoms with Gasteiger partial charge in [0.15, 0.2) is 0 Å². The molecular weight excluding hydrogens is 431 g/mol. The number of aromatic nitrogens is 2. The highest BCUT2D eigenvalue weighted by molar-refractivity contribution is 9.10. The van der Waals surface area contributed by atoms with Crippen molar-refractivity contribution >= 4 is 45.2 Å². The molecule has 0 radical (unpaired) electrons. The van der Waals surface area contributed by atoms with E-state index in [0.717, 1.165) is 30.4 Å². The van der Waals surface area contributed by atoms with Crippen molar-refractivity contribution in [3.63, 3.8) is 0 Å². The van der Waals surface area contributed by atoms with Gasteiger partial charge in [-0.3, -0.25) is 4.79 Å². The van der Waals surface area contributed by atoms with E-state index in [1.807, 2.05) is 6.07 Å². The van der Waals surface area contributed by atoms with E-state index >= 15 is 0 Å². The van der Waals surface area contributed by atoms with E-state index in [1.54, 1.807) is 19.3 Å². The largest absolute Gasteiger partial charge is 0.385 e. The summed E-state index contributed by atoms with van der Waals surface area (Å²) in [4.78, 5) is 12.9. The molecule has 0 bridgehead atoms. The van der Waals surface area contributed by atoms with Crippen LogP contribution in [0.4, 0.5) is 10.1 Å². The lowest BCUT2D eigenvalue weighted by atomic mass is 10.1. The van der Waals surface area contributed by atoms with Gasteiger partial charge in [-0.15, -0.1) is 0 Å². The molecule has 2 heterocycles. The topological polar surface area (TPSA) is 50.2 Å². The van der Waals surface area contributed by atoms with Gasteiger partial charge in [0.05, 0.1) is 22.8 Å². The minimum atomic E-state index is -0.279. The number of halogens is 3. The Bertz CT molecular complexity index is 826. The molecule has 0 saturated carbocycles. The molecule has 1 aromatic carbocycles. The molecule has 0 aliphatic carbocycles. The van der Waals surface area contributed by atoms with Gasteiger partial charge in [-0.2, -0.15) is 5.10 Å². The average Bonchev–Trinajstić information content (AvgIpc) is 2.60. The molecule has 1 aromatic heterocycles. The fourth-order valence-corrected chi connectivity index (χ4v) is 4.26. The van der Waals surface area contributed by atoms with Gasteiger partial charge in [0, 0.05) is 24.6 Å². The van der Waals surface area contributed by atoms with Crippen molar-refractivity contribution < 1.29 is 4.39 Å². The van der Waals surface area contributed by atoms with E-state index in [2.05, 4.69) is 30.7 Å². The van der Waals surface area contributed by atoms with Crippen molar-refractivity contribution in [2.75, 3.05) is 25.5 Å². The van der Waals surface area contributed by atoms with Crippen molar-refractivity contribution in [3.8, 4) is 0 Å². The predicted octanol–water partition coefficient (Wildman–Crippen LogP) is 4.18. The minimum Gasteiger partial charge on any atom is -0.385 e. The van der Waals surface area contributed by atoms with Gasteiger partial charge in [-0.1, -0.05) is 27.5 Å². The highest BCUT2D eigenvalue weighted by atomic mass is 79.9. The summed E-state index contributed by atoms with van der Waals surface area (Å²) in [5.41, 5.74) is 0.250.